The second-order valence-electron chi connectivity index (χ2n) is 9.06. The summed E-state index contributed by atoms with van der Waals surface area (Å²) in [4.78, 5) is 26.3. The lowest BCUT2D eigenvalue weighted by molar-refractivity contribution is -0.132. The van der Waals surface area contributed by atoms with E-state index in [9.17, 15) is 18.0 Å². The lowest BCUT2D eigenvalue weighted by Gasteiger charge is -2.34. The molecule has 1 aliphatic heterocycles. The average Bonchev–Trinajstić information content (AvgIpc) is 2.79. The van der Waals surface area contributed by atoms with Crippen molar-refractivity contribution in [3.8, 4) is 0 Å². The van der Waals surface area contributed by atoms with Gasteiger partial charge in [0, 0.05) is 44.8 Å². The van der Waals surface area contributed by atoms with Crippen LogP contribution in [0.4, 0.5) is 10.5 Å². The Hall–Kier alpha value is -2.91. The summed E-state index contributed by atoms with van der Waals surface area (Å²) in [7, 11) is -3.60. The van der Waals surface area contributed by atoms with Crippen molar-refractivity contribution in [1.82, 2.24) is 14.5 Å². The maximum Gasteiger partial charge on any atom is 0.319 e. The minimum Gasteiger partial charge on any atom is -0.340 e. The highest BCUT2D eigenvalue weighted by atomic mass is 32.2. The molecule has 2 N–H and O–H groups in total. The van der Waals surface area contributed by atoms with Crippen LogP contribution in [0.15, 0.2) is 59.5 Å². The lowest BCUT2D eigenvalue weighted by Crippen LogP contribution is -2.50. The Morgan fingerprint density at radius 3 is 2.09 bits per heavy atom. The average molecular weight is 473 g/mol. The van der Waals surface area contributed by atoms with Gasteiger partial charge in [-0.3, -0.25) is 4.79 Å². The Morgan fingerprint density at radius 2 is 1.52 bits per heavy atom. The third-order valence-electron chi connectivity index (χ3n) is 5.61. The Morgan fingerprint density at radius 1 is 0.909 bits per heavy atom. The summed E-state index contributed by atoms with van der Waals surface area (Å²) < 4.78 is 27.4. The van der Waals surface area contributed by atoms with Crippen LogP contribution >= 0.6 is 0 Å². The predicted octanol–water partition coefficient (Wildman–Crippen LogP) is 3.03. The molecule has 9 heteroatoms. The van der Waals surface area contributed by atoms with Gasteiger partial charge >= 0.3 is 6.03 Å². The van der Waals surface area contributed by atoms with Gasteiger partial charge in [0.15, 0.2) is 0 Å². The van der Waals surface area contributed by atoms with E-state index in [1.54, 1.807) is 29.2 Å². The van der Waals surface area contributed by atoms with Gasteiger partial charge in [-0.05, 0) is 35.2 Å². The molecule has 0 saturated carbocycles. The topological polar surface area (TPSA) is 98.8 Å². The van der Waals surface area contributed by atoms with Gasteiger partial charge in [0.2, 0.25) is 15.9 Å². The summed E-state index contributed by atoms with van der Waals surface area (Å²) in [6, 6.07) is 15.7. The number of benzene rings is 2. The van der Waals surface area contributed by atoms with Crippen molar-refractivity contribution in [1.29, 1.82) is 0 Å². The first-order valence-corrected chi connectivity index (χ1v) is 12.5. The molecule has 2 aromatic rings. The van der Waals surface area contributed by atoms with E-state index in [1.807, 2.05) is 30.3 Å². The molecular weight excluding hydrogens is 440 g/mol. The zero-order chi connectivity index (χ0) is 24.1. The molecule has 0 aliphatic carbocycles. The van der Waals surface area contributed by atoms with Crippen LogP contribution < -0.4 is 10.6 Å². The van der Waals surface area contributed by atoms with Crippen LogP contribution in [0, 0.1) is 0 Å². The van der Waals surface area contributed by atoms with Crippen molar-refractivity contribution < 1.29 is 18.0 Å². The van der Waals surface area contributed by atoms with Gasteiger partial charge in [-0.1, -0.05) is 51.1 Å². The van der Waals surface area contributed by atoms with Crippen LogP contribution in [0.3, 0.4) is 0 Å². The number of piperazine rings is 1. The molecule has 8 nitrogen and oxygen atoms in total. The van der Waals surface area contributed by atoms with Gasteiger partial charge in [-0.15, -0.1) is 0 Å². The van der Waals surface area contributed by atoms with Crippen molar-refractivity contribution in [3.63, 3.8) is 0 Å². The van der Waals surface area contributed by atoms with E-state index in [1.165, 1.54) is 4.31 Å². The van der Waals surface area contributed by atoms with E-state index in [0.29, 0.717) is 18.8 Å². The minimum atomic E-state index is -3.60. The highest BCUT2D eigenvalue weighted by molar-refractivity contribution is 7.89. The predicted molar refractivity (Wildman–Crippen MR) is 129 cm³/mol. The molecule has 0 radical (unpaired) electrons. The number of urea groups is 1. The smallest absolute Gasteiger partial charge is 0.319 e. The molecule has 1 heterocycles. The zero-order valence-corrected chi connectivity index (χ0v) is 20.2. The first kappa shape index (κ1) is 24.7. The maximum absolute atomic E-state index is 13.0. The summed E-state index contributed by atoms with van der Waals surface area (Å²) in [5.41, 5.74) is 1.69. The van der Waals surface area contributed by atoms with Crippen LogP contribution in [0.2, 0.25) is 0 Å². The van der Waals surface area contributed by atoms with Crippen molar-refractivity contribution in [2.24, 2.45) is 0 Å². The largest absolute Gasteiger partial charge is 0.340 e. The van der Waals surface area contributed by atoms with E-state index in [2.05, 4.69) is 31.4 Å². The Balaban J connectivity index is 1.45. The normalized spacial score (nSPS) is 15.2. The van der Waals surface area contributed by atoms with E-state index < -0.39 is 10.0 Å². The molecule has 0 aromatic heterocycles. The zero-order valence-electron chi connectivity index (χ0n) is 19.4. The molecule has 0 atom stereocenters. The fraction of sp³-hybridized carbons (Fsp3) is 0.417. The molecule has 33 heavy (non-hydrogen) atoms. The minimum absolute atomic E-state index is 0.0502. The van der Waals surface area contributed by atoms with E-state index in [-0.39, 0.29) is 48.3 Å². The first-order valence-electron chi connectivity index (χ1n) is 11.1. The van der Waals surface area contributed by atoms with Gasteiger partial charge in [-0.25, -0.2) is 13.2 Å². The van der Waals surface area contributed by atoms with Gasteiger partial charge in [0.1, 0.15) is 0 Å². The molecule has 1 aliphatic rings. The van der Waals surface area contributed by atoms with Crippen LogP contribution in [0.1, 0.15) is 32.8 Å². The quantitative estimate of drug-likeness (QED) is 0.675. The Kier molecular flexibility index (Phi) is 7.76. The maximum atomic E-state index is 13.0. The van der Waals surface area contributed by atoms with Crippen molar-refractivity contribution in [2.45, 2.75) is 37.5 Å². The summed E-state index contributed by atoms with van der Waals surface area (Å²) in [5.74, 6) is -0.110. The third-order valence-corrected chi connectivity index (χ3v) is 7.52. The highest BCUT2D eigenvalue weighted by Gasteiger charge is 2.30. The standard InChI is InChI=1S/C24H32N4O4S/c1-24(2,3)19-9-11-21(12-10-19)33(31,32)28-17-15-27(16-18-28)22(29)13-14-25-23(30)26-20-7-5-4-6-8-20/h4-12H,13-18H2,1-3H3,(H2,25,26,30). The second kappa shape index (κ2) is 10.4. The lowest BCUT2D eigenvalue weighted by atomic mass is 9.87. The van der Waals surface area contributed by atoms with Crippen LogP contribution in [-0.4, -0.2) is 62.3 Å². The molecule has 1 fully saturated rings. The molecule has 178 valence electrons. The van der Waals surface area contributed by atoms with Gasteiger partial charge < -0.3 is 15.5 Å². The van der Waals surface area contributed by atoms with E-state index >= 15 is 0 Å². The Bertz CT molecular complexity index is 1060. The van der Waals surface area contributed by atoms with Crippen LogP contribution in [0.25, 0.3) is 0 Å². The van der Waals surface area contributed by atoms with Crippen LogP contribution in [0.5, 0.6) is 0 Å². The molecule has 0 unspecified atom stereocenters. The Labute approximate surface area is 196 Å². The van der Waals surface area contributed by atoms with Crippen molar-refractivity contribution in [2.75, 3.05) is 38.0 Å². The molecule has 1 saturated heterocycles. The first-order chi connectivity index (χ1) is 15.6. The summed E-state index contributed by atoms with van der Waals surface area (Å²) >= 11 is 0. The molecule has 0 bridgehead atoms. The van der Waals surface area contributed by atoms with Gasteiger partial charge in [-0.2, -0.15) is 4.31 Å². The third kappa shape index (κ3) is 6.55. The summed E-state index contributed by atoms with van der Waals surface area (Å²) in [6.07, 6.45) is 0.156. The van der Waals surface area contributed by atoms with Crippen molar-refractivity contribution in [3.05, 3.63) is 60.2 Å². The van der Waals surface area contributed by atoms with Gasteiger partial charge in [0.25, 0.3) is 0 Å². The number of amides is 3. The highest BCUT2D eigenvalue weighted by Crippen LogP contribution is 2.25. The van der Waals surface area contributed by atoms with E-state index in [0.717, 1.165) is 5.56 Å². The molecule has 2 aromatic carbocycles. The van der Waals surface area contributed by atoms with Crippen molar-refractivity contribution >= 4 is 27.6 Å². The monoisotopic (exact) mass is 472 g/mol. The number of nitrogens with one attached hydrogen (secondary N) is 2. The fourth-order valence-corrected chi connectivity index (χ4v) is 5.01. The number of sulfonamides is 1. The molecule has 0 spiro atoms. The SMILES string of the molecule is CC(C)(C)c1ccc(S(=O)(=O)N2CCN(C(=O)CCNC(=O)Nc3ccccc3)CC2)cc1. The number of para-hydroxylation sites is 1. The number of nitrogens with zero attached hydrogens (tertiary/aromatic N) is 2. The molecule has 3 amide bonds. The second-order valence-corrected chi connectivity index (χ2v) is 11.0. The molecule has 3 rings (SSSR count). The van der Waals surface area contributed by atoms with Gasteiger partial charge in [0.05, 0.1) is 4.90 Å². The number of carbonyl (C=O) groups is 2. The van der Waals surface area contributed by atoms with E-state index in [4.69, 9.17) is 0 Å². The number of hydrogen-bond donors (Lipinski definition) is 2. The fourth-order valence-electron chi connectivity index (χ4n) is 3.59. The number of rotatable bonds is 6. The number of hydrogen-bond acceptors (Lipinski definition) is 4. The number of carbonyl (C=O) groups excluding carboxylic acids is 2. The van der Waals surface area contributed by atoms with Crippen LogP contribution in [-0.2, 0) is 20.2 Å². The summed E-state index contributed by atoms with van der Waals surface area (Å²) in [6.45, 7) is 7.60. The summed E-state index contributed by atoms with van der Waals surface area (Å²) in [5, 5.41) is 5.36. The number of anilines is 1. The molecular formula is C24H32N4O4S.